The van der Waals surface area contributed by atoms with Crippen LogP contribution in [0.4, 0.5) is 0 Å². The maximum Gasteiger partial charge on any atom is 0.297 e. The van der Waals surface area contributed by atoms with Crippen molar-refractivity contribution >= 4 is 21.9 Å². The van der Waals surface area contributed by atoms with Crippen molar-refractivity contribution in [2.24, 2.45) is 0 Å². The zero-order valence-corrected chi connectivity index (χ0v) is 14.3. The minimum absolute atomic E-state index is 0.0419. The highest BCUT2D eigenvalue weighted by Gasteiger charge is 2.24. The van der Waals surface area contributed by atoms with E-state index < -0.39 is 21.9 Å². The molecule has 0 fully saturated rings. The monoisotopic (exact) mass is 363 g/mol. The smallest absolute Gasteiger partial charge is 0.297 e. The largest absolute Gasteiger partial charge is 0.473 e. The van der Waals surface area contributed by atoms with Gasteiger partial charge in [0.05, 0.1) is 30.6 Å². The van der Waals surface area contributed by atoms with E-state index in [1.54, 1.807) is 24.7 Å². The van der Waals surface area contributed by atoms with Gasteiger partial charge >= 0.3 is 0 Å². The molecule has 25 heavy (non-hydrogen) atoms. The van der Waals surface area contributed by atoms with Crippen molar-refractivity contribution in [3.63, 3.8) is 0 Å². The van der Waals surface area contributed by atoms with E-state index in [1.165, 1.54) is 12.1 Å². The summed E-state index contributed by atoms with van der Waals surface area (Å²) in [5.41, 5.74) is 0.934. The number of amides is 2. The van der Waals surface area contributed by atoms with Crippen molar-refractivity contribution in [2.75, 3.05) is 13.2 Å². The number of benzene rings is 1. The average Bonchev–Trinajstić information content (AvgIpc) is 3.24. The van der Waals surface area contributed by atoms with Gasteiger partial charge in [-0.3, -0.25) is 18.7 Å². The Labute approximate surface area is 145 Å². The van der Waals surface area contributed by atoms with Gasteiger partial charge in [-0.05, 0) is 31.2 Å². The molecule has 1 aliphatic rings. The molecule has 0 saturated carbocycles. The molecule has 1 aromatic carbocycles. The Morgan fingerprint density at radius 2 is 1.56 bits per heavy atom. The number of hydrogen-bond acceptors (Lipinski definition) is 6. The van der Waals surface area contributed by atoms with Crippen molar-refractivity contribution in [1.29, 1.82) is 0 Å². The summed E-state index contributed by atoms with van der Waals surface area (Å²) in [4.78, 5) is 23.5. The van der Waals surface area contributed by atoms with E-state index in [-0.39, 0.29) is 18.0 Å². The molecule has 0 unspecified atom stereocenters. The standard InChI is InChI=1S/C13H13NO5S.C4H4O/c1-10-2-4-11(5-3-10)20(17,18)19-9-8-14-12(15)6-7-13(14)16;1-2-4-5-3-1/h2-7H,8-9H2,1H3;1-4H. The summed E-state index contributed by atoms with van der Waals surface area (Å²) >= 11 is 0. The molecule has 2 aromatic rings. The van der Waals surface area contributed by atoms with Crippen LogP contribution in [-0.4, -0.2) is 38.3 Å². The van der Waals surface area contributed by atoms with Crippen LogP contribution < -0.4 is 0 Å². The summed E-state index contributed by atoms with van der Waals surface area (Å²) < 4.78 is 33.1. The summed E-state index contributed by atoms with van der Waals surface area (Å²) in [5, 5.41) is 0. The minimum atomic E-state index is -3.87. The van der Waals surface area contributed by atoms with Gasteiger partial charge in [-0.2, -0.15) is 8.42 Å². The molecular weight excluding hydrogens is 346 g/mol. The molecule has 7 nitrogen and oxygen atoms in total. The predicted octanol–water partition coefficient (Wildman–Crippen LogP) is 1.90. The Bertz CT molecular complexity index is 803. The van der Waals surface area contributed by atoms with E-state index in [9.17, 15) is 18.0 Å². The van der Waals surface area contributed by atoms with E-state index in [1.807, 2.05) is 19.1 Å². The number of nitrogens with zero attached hydrogens (tertiary/aromatic N) is 1. The first kappa shape index (κ1) is 18.6. The summed E-state index contributed by atoms with van der Waals surface area (Å²) in [6.07, 6.45) is 5.52. The minimum Gasteiger partial charge on any atom is -0.473 e. The Hall–Kier alpha value is -2.71. The van der Waals surface area contributed by atoms with E-state index in [0.717, 1.165) is 22.6 Å². The van der Waals surface area contributed by atoms with Crippen LogP contribution in [0.2, 0.25) is 0 Å². The van der Waals surface area contributed by atoms with E-state index in [4.69, 9.17) is 4.18 Å². The molecule has 0 bridgehead atoms. The van der Waals surface area contributed by atoms with E-state index in [0.29, 0.717) is 0 Å². The van der Waals surface area contributed by atoms with Crippen molar-refractivity contribution in [3.8, 4) is 0 Å². The summed E-state index contributed by atoms with van der Waals surface area (Å²) in [6.45, 7) is 1.47. The number of furan rings is 1. The second kappa shape index (κ2) is 8.41. The highest BCUT2D eigenvalue weighted by molar-refractivity contribution is 7.86. The molecule has 2 heterocycles. The number of carbonyl (C=O) groups excluding carboxylic acids is 2. The maximum absolute atomic E-state index is 11.9. The number of aryl methyl sites for hydroxylation is 1. The molecule has 1 aromatic heterocycles. The van der Waals surface area contributed by atoms with Crippen LogP contribution in [0.1, 0.15) is 5.56 Å². The lowest BCUT2D eigenvalue weighted by Gasteiger charge is -2.13. The van der Waals surface area contributed by atoms with Crippen molar-refractivity contribution < 1.29 is 26.6 Å². The van der Waals surface area contributed by atoms with Crippen LogP contribution in [0.25, 0.3) is 0 Å². The molecule has 2 amide bonds. The average molecular weight is 363 g/mol. The third-order valence-electron chi connectivity index (χ3n) is 3.19. The van der Waals surface area contributed by atoms with E-state index in [2.05, 4.69) is 4.42 Å². The van der Waals surface area contributed by atoms with Crippen LogP contribution in [0.3, 0.4) is 0 Å². The van der Waals surface area contributed by atoms with Crippen molar-refractivity contribution in [1.82, 2.24) is 4.90 Å². The Balaban J connectivity index is 0.000000386. The fraction of sp³-hybridized carbons (Fsp3) is 0.176. The molecule has 0 atom stereocenters. The lowest BCUT2D eigenvalue weighted by Crippen LogP contribution is -2.33. The quantitative estimate of drug-likeness (QED) is 0.595. The zero-order chi connectivity index (χ0) is 18.3. The zero-order valence-electron chi connectivity index (χ0n) is 13.5. The normalized spacial score (nSPS) is 13.7. The van der Waals surface area contributed by atoms with Gasteiger partial charge in [-0.1, -0.05) is 17.7 Å². The number of imide groups is 1. The highest BCUT2D eigenvalue weighted by atomic mass is 32.2. The Morgan fingerprint density at radius 3 is 2.04 bits per heavy atom. The molecule has 0 spiro atoms. The topological polar surface area (TPSA) is 93.9 Å². The maximum atomic E-state index is 11.9. The molecular formula is C17H17NO6S. The van der Waals surface area contributed by atoms with Crippen LogP contribution in [0.15, 0.2) is 70.4 Å². The van der Waals surface area contributed by atoms with Gasteiger partial charge in [0.15, 0.2) is 0 Å². The van der Waals surface area contributed by atoms with Crippen LogP contribution >= 0.6 is 0 Å². The van der Waals surface area contributed by atoms with Gasteiger partial charge in [-0.15, -0.1) is 0 Å². The molecule has 3 rings (SSSR count). The van der Waals surface area contributed by atoms with Crippen molar-refractivity contribution in [3.05, 3.63) is 66.6 Å². The third-order valence-corrected chi connectivity index (χ3v) is 4.52. The van der Waals surface area contributed by atoms with Gasteiger partial charge < -0.3 is 4.42 Å². The highest BCUT2D eigenvalue weighted by Crippen LogP contribution is 2.13. The third kappa shape index (κ3) is 5.40. The Kier molecular flexibility index (Phi) is 6.26. The predicted molar refractivity (Wildman–Crippen MR) is 88.9 cm³/mol. The Morgan fingerprint density at radius 1 is 1.00 bits per heavy atom. The fourth-order valence-corrected chi connectivity index (χ4v) is 2.79. The first-order valence-corrected chi connectivity index (χ1v) is 8.78. The SMILES string of the molecule is Cc1ccc(S(=O)(=O)OCCN2C(=O)C=CC2=O)cc1.c1ccoc1. The second-order valence-corrected chi connectivity index (χ2v) is 6.66. The molecule has 132 valence electrons. The first-order chi connectivity index (χ1) is 11.9. The van der Waals surface area contributed by atoms with Gasteiger partial charge in [-0.25, -0.2) is 0 Å². The molecule has 8 heteroatoms. The summed E-state index contributed by atoms with van der Waals surface area (Å²) in [5.74, 6) is -0.933. The van der Waals surface area contributed by atoms with Crippen LogP contribution in [0, 0.1) is 6.92 Å². The molecule has 0 saturated heterocycles. The first-order valence-electron chi connectivity index (χ1n) is 7.37. The fourth-order valence-electron chi connectivity index (χ4n) is 1.89. The molecule has 0 aliphatic carbocycles. The van der Waals surface area contributed by atoms with Crippen molar-refractivity contribution in [2.45, 2.75) is 11.8 Å². The molecule has 1 aliphatic heterocycles. The summed E-state index contributed by atoms with van der Waals surface area (Å²) in [6, 6.07) is 9.87. The lowest BCUT2D eigenvalue weighted by molar-refractivity contribution is -0.137. The lowest BCUT2D eigenvalue weighted by atomic mass is 10.2. The molecule has 0 N–H and O–H groups in total. The van der Waals surface area contributed by atoms with Crippen LogP contribution in [-0.2, 0) is 23.9 Å². The van der Waals surface area contributed by atoms with Gasteiger partial charge in [0.2, 0.25) is 0 Å². The van der Waals surface area contributed by atoms with Crippen LogP contribution in [0.5, 0.6) is 0 Å². The van der Waals surface area contributed by atoms with E-state index >= 15 is 0 Å². The summed E-state index contributed by atoms with van der Waals surface area (Å²) in [7, 11) is -3.87. The number of carbonyl (C=O) groups is 2. The van der Waals surface area contributed by atoms with Gasteiger partial charge in [0.25, 0.3) is 21.9 Å². The van der Waals surface area contributed by atoms with Gasteiger partial charge in [0, 0.05) is 12.2 Å². The second-order valence-electron chi connectivity index (χ2n) is 5.04. The number of hydrogen-bond donors (Lipinski definition) is 0. The number of rotatable bonds is 5. The van der Waals surface area contributed by atoms with Gasteiger partial charge in [0.1, 0.15) is 0 Å². The molecule has 0 radical (unpaired) electrons.